The molecule has 0 unspecified atom stereocenters. The van der Waals surface area contributed by atoms with Gasteiger partial charge in [0.15, 0.2) is 5.82 Å². The Balaban J connectivity index is 1.46. The van der Waals surface area contributed by atoms with Crippen molar-refractivity contribution >= 4 is 32.4 Å². The quantitative estimate of drug-likeness (QED) is 0.571. The standard InChI is InChI=1S/C24H28N6O3S/c25-16-17-6-2-3-7-20(17)30-21-12-13-26-24(31)22(21)23(28-30)27-18-8-10-19(11-9-18)34(32,33)29-14-4-1-5-15-29/h8-13,17,20H,1-7,14-15H2,(H,26,31)(H,27,28)/t17-,20+/m1/s1. The van der Waals surface area contributed by atoms with E-state index in [0.29, 0.717) is 35.5 Å². The molecule has 2 N–H and O–H groups in total. The minimum atomic E-state index is -3.51. The number of nitriles is 1. The Labute approximate surface area is 198 Å². The number of H-pyrrole nitrogens is 1. The number of hydrogen-bond donors (Lipinski definition) is 2. The second-order valence-electron chi connectivity index (χ2n) is 9.06. The SMILES string of the molecule is N#C[C@H]1CCCC[C@@H]1n1nc(Nc2ccc(S(=O)(=O)N3CCCCC3)cc2)c2c(=O)[nH]ccc21. The van der Waals surface area contributed by atoms with E-state index < -0.39 is 10.0 Å². The summed E-state index contributed by atoms with van der Waals surface area (Å²) < 4.78 is 29.2. The van der Waals surface area contributed by atoms with Gasteiger partial charge in [0, 0.05) is 25.0 Å². The molecule has 9 nitrogen and oxygen atoms in total. The van der Waals surface area contributed by atoms with Crippen LogP contribution in [0.1, 0.15) is 51.0 Å². The highest BCUT2D eigenvalue weighted by Gasteiger charge is 2.30. The molecular formula is C24H28N6O3S. The van der Waals surface area contributed by atoms with Crippen molar-refractivity contribution in [2.75, 3.05) is 18.4 Å². The normalized spacial score (nSPS) is 21.9. The smallest absolute Gasteiger partial charge is 0.261 e. The number of nitrogens with zero attached hydrogens (tertiary/aromatic N) is 4. The summed E-state index contributed by atoms with van der Waals surface area (Å²) in [6, 6.07) is 10.7. The lowest BCUT2D eigenvalue weighted by Gasteiger charge is -2.27. The highest BCUT2D eigenvalue weighted by molar-refractivity contribution is 7.89. The maximum atomic E-state index is 12.9. The molecule has 0 spiro atoms. The van der Waals surface area contributed by atoms with Gasteiger partial charge in [0.1, 0.15) is 5.39 Å². The van der Waals surface area contributed by atoms with Crippen LogP contribution in [-0.2, 0) is 10.0 Å². The number of fused-ring (bicyclic) bond motifs is 1. The van der Waals surface area contributed by atoms with Gasteiger partial charge in [-0.25, -0.2) is 8.42 Å². The van der Waals surface area contributed by atoms with Gasteiger partial charge in [-0.2, -0.15) is 14.7 Å². The molecule has 0 bridgehead atoms. The molecule has 178 valence electrons. The Morgan fingerprint density at radius 3 is 2.50 bits per heavy atom. The summed E-state index contributed by atoms with van der Waals surface area (Å²) in [7, 11) is -3.51. The van der Waals surface area contributed by atoms with Gasteiger partial charge < -0.3 is 10.3 Å². The highest BCUT2D eigenvalue weighted by Crippen LogP contribution is 2.36. The lowest BCUT2D eigenvalue weighted by atomic mass is 9.85. The summed E-state index contributed by atoms with van der Waals surface area (Å²) in [5.41, 5.74) is 1.05. The van der Waals surface area contributed by atoms with Crippen LogP contribution >= 0.6 is 0 Å². The zero-order valence-corrected chi connectivity index (χ0v) is 19.7. The lowest BCUT2D eigenvalue weighted by molar-refractivity contribution is 0.277. The number of hydrogen-bond acceptors (Lipinski definition) is 6. The van der Waals surface area contributed by atoms with Crippen LogP contribution in [0.25, 0.3) is 10.9 Å². The van der Waals surface area contributed by atoms with E-state index in [4.69, 9.17) is 5.10 Å². The van der Waals surface area contributed by atoms with Crippen molar-refractivity contribution in [2.45, 2.75) is 55.9 Å². The summed E-state index contributed by atoms with van der Waals surface area (Å²) in [4.78, 5) is 15.7. The molecule has 34 heavy (non-hydrogen) atoms. The van der Waals surface area contributed by atoms with Gasteiger partial charge in [-0.05, 0) is 56.0 Å². The number of pyridine rings is 1. The van der Waals surface area contributed by atoms with Crippen LogP contribution in [-0.4, -0.2) is 40.6 Å². The van der Waals surface area contributed by atoms with Gasteiger partial charge in [0.05, 0.1) is 28.4 Å². The molecule has 3 aromatic rings. The second kappa shape index (κ2) is 9.24. The van der Waals surface area contributed by atoms with Crippen molar-refractivity contribution in [3.8, 4) is 6.07 Å². The fraction of sp³-hybridized carbons (Fsp3) is 0.458. The third-order valence-electron chi connectivity index (χ3n) is 6.91. The summed E-state index contributed by atoms with van der Waals surface area (Å²) in [6.45, 7) is 1.11. The first-order chi connectivity index (χ1) is 16.5. The van der Waals surface area contributed by atoms with Crippen LogP contribution in [0.2, 0.25) is 0 Å². The van der Waals surface area contributed by atoms with Crippen molar-refractivity contribution in [3.63, 3.8) is 0 Å². The summed E-state index contributed by atoms with van der Waals surface area (Å²) in [5, 5.41) is 18.0. The van der Waals surface area contributed by atoms with Crippen LogP contribution < -0.4 is 10.9 Å². The van der Waals surface area contributed by atoms with Crippen LogP contribution in [0.5, 0.6) is 0 Å². The van der Waals surface area contributed by atoms with Gasteiger partial charge in [-0.3, -0.25) is 9.48 Å². The summed E-state index contributed by atoms with van der Waals surface area (Å²) in [5.74, 6) is 0.244. The first-order valence-electron chi connectivity index (χ1n) is 11.9. The molecular weight excluding hydrogens is 452 g/mol. The molecule has 10 heteroatoms. The number of aromatic nitrogens is 3. The van der Waals surface area contributed by atoms with E-state index in [9.17, 15) is 18.5 Å². The molecule has 1 saturated carbocycles. The molecule has 2 aromatic heterocycles. The van der Waals surface area contributed by atoms with Crippen LogP contribution in [0.4, 0.5) is 11.5 Å². The average Bonchev–Trinajstić information content (AvgIpc) is 3.24. The predicted molar refractivity (Wildman–Crippen MR) is 129 cm³/mol. The Morgan fingerprint density at radius 2 is 1.76 bits per heavy atom. The fourth-order valence-electron chi connectivity index (χ4n) is 5.10. The minimum Gasteiger partial charge on any atom is -0.338 e. The number of piperidine rings is 1. The maximum Gasteiger partial charge on any atom is 0.261 e. The summed E-state index contributed by atoms with van der Waals surface area (Å²) >= 11 is 0. The number of sulfonamides is 1. The molecule has 3 heterocycles. The molecule has 1 saturated heterocycles. The zero-order valence-electron chi connectivity index (χ0n) is 18.9. The van der Waals surface area contributed by atoms with Crippen LogP contribution in [0.3, 0.4) is 0 Å². The first kappa shape index (κ1) is 22.6. The molecule has 5 rings (SSSR count). The van der Waals surface area contributed by atoms with E-state index in [1.807, 2.05) is 10.7 Å². The third kappa shape index (κ3) is 4.10. The lowest BCUT2D eigenvalue weighted by Crippen LogP contribution is -2.35. The third-order valence-corrected chi connectivity index (χ3v) is 8.82. The molecule has 2 fully saturated rings. The Bertz CT molecular complexity index is 1380. The Hall–Kier alpha value is -3.16. The molecule has 1 aliphatic heterocycles. The van der Waals surface area contributed by atoms with E-state index in [2.05, 4.69) is 16.4 Å². The number of rotatable bonds is 5. The average molecular weight is 481 g/mol. The van der Waals surface area contributed by atoms with Crippen molar-refractivity contribution in [1.29, 1.82) is 5.26 Å². The van der Waals surface area contributed by atoms with E-state index in [-0.39, 0.29) is 22.4 Å². The van der Waals surface area contributed by atoms with E-state index in [0.717, 1.165) is 44.9 Å². The molecule has 1 aromatic carbocycles. The second-order valence-corrected chi connectivity index (χ2v) is 11.0. The van der Waals surface area contributed by atoms with Crippen LogP contribution in [0, 0.1) is 17.2 Å². The molecule has 1 aliphatic carbocycles. The highest BCUT2D eigenvalue weighted by atomic mass is 32.2. The van der Waals surface area contributed by atoms with Gasteiger partial charge in [-0.15, -0.1) is 0 Å². The van der Waals surface area contributed by atoms with E-state index >= 15 is 0 Å². The first-order valence-corrected chi connectivity index (χ1v) is 13.3. The number of nitrogens with one attached hydrogen (secondary N) is 2. The maximum absolute atomic E-state index is 12.9. The van der Waals surface area contributed by atoms with Gasteiger partial charge >= 0.3 is 0 Å². The molecule has 2 atom stereocenters. The minimum absolute atomic E-state index is 0.0874. The van der Waals surface area contributed by atoms with Gasteiger partial charge in [0.25, 0.3) is 5.56 Å². The van der Waals surface area contributed by atoms with E-state index in [1.54, 1.807) is 34.8 Å². The van der Waals surface area contributed by atoms with Crippen molar-refractivity contribution < 1.29 is 8.42 Å². The van der Waals surface area contributed by atoms with Crippen molar-refractivity contribution in [3.05, 3.63) is 46.9 Å². The largest absolute Gasteiger partial charge is 0.338 e. The summed E-state index contributed by atoms with van der Waals surface area (Å²) in [6.07, 6.45) is 8.12. The van der Waals surface area contributed by atoms with Gasteiger partial charge in [-0.1, -0.05) is 19.3 Å². The Morgan fingerprint density at radius 1 is 1.03 bits per heavy atom. The topological polar surface area (TPSA) is 124 Å². The molecule has 0 amide bonds. The molecule has 0 radical (unpaired) electrons. The number of aromatic amines is 1. The van der Waals surface area contributed by atoms with Crippen LogP contribution in [0.15, 0.2) is 46.2 Å². The fourth-order valence-corrected chi connectivity index (χ4v) is 6.61. The van der Waals surface area contributed by atoms with E-state index in [1.165, 1.54) is 0 Å². The van der Waals surface area contributed by atoms with Crippen molar-refractivity contribution in [2.24, 2.45) is 5.92 Å². The number of benzene rings is 1. The Kier molecular flexibility index (Phi) is 6.15. The van der Waals surface area contributed by atoms with Crippen molar-refractivity contribution in [1.82, 2.24) is 19.1 Å². The predicted octanol–water partition coefficient (Wildman–Crippen LogP) is 3.90. The zero-order chi connectivity index (χ0) is 23.7. The monoisotopic (exact) mass is 480 g/mol. The molecule has 2 aliphatic rings. The number of anilines is 2. The van der Waals surface area contributed by atoms with Gasteiger partial charge in [0.2, 0.25) is 10.0 Å².